The standard InChI is InChI=1S/C22H20ClN3O6/c23-15-7-5-14(6-8-15)22-25-20(32-26-22)9-10-21(28)30-13-19(27)24-11-16-12-29-17-3-1-2-4-18(17)31-16/h1-8,16H,9-13H2,(H,24,27). The number of nitrogens with zero attached hydrogens (tertiary/aromatic N) is 2. The van der Waals surface area contributed by atoms with Gasteiger partial charge in [0, 0.05) is 17.0 Å². The Hall–Kier alpha value is -3.59. The summed E-state index contributed by atoms with van der Waals surface area (Å²) in [5.74, 6) is 1.03. The second-order valence-electron chi connectivity index (χ2n) is 6.98. The summed E-state index contributed by atoms with van der Waals surface area (Å²) in [4.78, 5) is 28.1. The molecule has 1 amide bonds. The van der Waals surface area contributed by atoms with Gasteiger partial charge in [-0.25, -0.2) is 0 Å². The van der Waals surface area contributed by atoms with Crippen LogP contribution >= 0.6 is 11.6 Å². The normalized spacial score (nSPS) is 14.6. The lowest BCUT2D eigenvalue weighted by Gasteiger charge is -2.26. The third kappa shape index (κ3) is 5.76. The number of para-hydroxylation sites is 2. The van der Waals surface area contributed by atoms with Crippen LogP contribution in [0.3, 0.4) is 0 Å². The minimum atomic E-state index is -0.544. The molecule has 0 spiro atoms. The molecular weight excluding hydrogens is 438 g/mol. The van der Waals surface area contributed by atoms with Gasteiger partial charge in [-0.3, -0.25) is 9.59 Å². The summed E-state index contributed by atoms with van der Waals surface area (Å²) in [7, 11) is 0. The van der Waals surface area contributed by atoms with Crippen LogP contribution < -0.4 is 14.8 Å². The van der Waals surface area contributed by atoms with Crippen molar-refractivity contribution < 1.29 is 28.3 Å². The first-order valence-corrected chi connectivity index (χ1v) is 10.3. The molecule has 0 radical (unpaired) electrons. The van der Waals surface area contributed by atoms with E-state index in [2.05, 4.69) is 15.5 Å². The Bertz CT molecular complexity index is 1090. The van der Waals surface area contributed by atoms with Gasteiger partial charge >= 0.3 is 5.97 Å². The zero-order valence-corrected chi connectivity index (χ0v) is 17.7. The molecule has 0 saturated carbocycles. The average Bonchev–Trinajstić information content (AvgIpc) is 3.29. The Labute approximate surface area is 188 Å². The maximum atomic E-state index is 12.0. The molecule has 1 aromatic heterocycles. The van der Waals surface area contributed by atoms with E-state index in [0.29, 0.717) is 34.8 Å². The summed E-state index contributed by atoms with van der Waals surface area (Å²) in [6, 6.07) is 14.3. The zero-order chi connectivity index (χ0) is 22.3. The van der Waals surface area contributed by atoms with Gasteiger partial charge in [0.2, 0.25) is 11.7 Å². The van der Waals surface area contributed by atoms with Crippen molar-refractivity contribution in [3.63, 3.8) is 0 Å². The number of halogens is 1. The van der Waals surface area contributed by atoms with Gasteiger partial charge in [0.1, 0.15) is 12.7 Å². The number of amides is 1. The number of benzene rings is 2. The summed E-state index contributed by atoms with van der Waals surface area (Å²) >= 11 is 5.86. The fraction of sp³-hybridized carbons (Fsp3) is 0.273. The molecule has 0 fully saturated rings. The summed E-state index contributed by atoms with van der Waals surface area (Å²) in [5.41, 5.74) is 0.750. The van der Waals surface area contributed by atoms with Gasteiger partial charge in [-0.05, 0) is 36.4 Å². The maximum Gasteiger partial charge on any atom is 0.306 e. The predicted octanol–water partition coefficient (Wildman–Crippen LogP) is 2.82. The lowest BCUT2D eigenvalue weighted by Crippen LogP contribution is -2.42. The quantitative estimate of drug-likeness (QED) is 0.514. The Morgan fingerprint density at radius 2 is 1.91 bits per heavy atom. The van der Waals surface area contributed by atoms with Gasteiger partial charge in [0.25, 0.3) is 5.91 Å². The molecule has 2 heterocycles. The molecule has 4 rings (SSSR count). The van der Waals surface area contributed by atoms with Crippen LogP contribution in [0.15, 0.2) is 53.1 Å². The van der Waals surface area contributed by atoms with Crippen molar-refractivity contribution in [2.75, 3.05) is 19.8 Å². The van der Waals surface area contributed by atoms with Gasteiger partial charge in [0.05, 0.1) is 13.0 Å². The largest absolute Gasteiger partial charge is 0.486 e. The van der Waals surface area contributed by atoms with Crippen LogP contribution in [0.1, 0.15) is 12.3 Å². The SMILES string of the molecule is O=C(COC(=O)CCc1nc(-c2ccc(Cl)cc2)no1)NCC1COc2ccccc2O1. The minimum absolute atomic E-state index is 0.00584. The molecule has 1 unspecified atom stereocenters. The van der Waals surface area contributed by atoms with Gasteiger partial charge in [-0.2, -0.15) is 4.98 Å². The Kier molecular flexibility index (Phi) is 6.86. The lowest BCUT2D eigenvalue weighted by atomic mass is 10.2. The molecule has 1 N–H and O–H groups in total. The van der Waals surface area contributed by atoms with Crippen LogP contribution in [0, 0.1) is 0 Å². The van der Waals surface area contributed by atoms with Gasteiger partial charge in [-0.1, -0.05) is 28.9 Å². The number of carbonyl (C=O) groups is 2. The Balaban J connectivity index is 1.15. The number of ether oxygens (including phenoxy) is 3. The highest BCUT2D eigenvalue weighted by atomic mass is 35.5. The van der Waals surface area contributed by atoms with E-state index in [4.69, 9.17) is 30.3 Å². The number of hydrogen-bond donors (Lipinski definition) is 1. The number of hydrogen-bond acceptors (Lipinski definition) is 8. The molecule has 3 aromatic rings. The van der Waals surface area contributed by atoms with Gasteiger partial charge in [-0.15, -0.1) is 0 Å². The molecule has 0 aliphatic carbocycles. The van der Waals surface area contributed by atoms with Crippen LogP contribution in [0.2, 0.25) is 5.02 Å². The lowest BCUT2D eigenvalue weighted by molar-refractivity contribution is -0.148. The minimum Gasteiger partial charge on any atom is -0.486 e. The number of rotatable bonds is 8. The van der Waals surface area contributed by atoms with E-state index >= 15 is 0 Å². The predicted molar refractivity (Wildman–Crippen MR) is 113 cm³/mol. The maximum absolute atomic E-state index is 12.0. The fourth-order valence-electron chi connectivity index (χ4n) is 2.94. The molecule has 0 bridgehead atoms. The van der Waals surface area contributed by atoms with E-state index < -0.39 is 11.9 Å². The summed E-state index contributed by atoms with van der Waals surface area (Å²) < 4.78 is 21.5. The van der Waals surface area contributed by atoms with Crippen molar-refractivity contribution >= 4 is 23.5 Å². The van der Waals surface area contributed by atoms with Crippen molar-refractivity contribution in [2.45, 2.75) is 18.9 Å². The summed E-state index contributed by atoms with van der Waals surface area (Å²) in [5, 5.41) is 7.16. The molecular formula is C22H20ClN3O6. The third-order valence-electron chi connectivity index (χ3n) is 4.57. The van der Waals surface area contributed by atoms with Crippen molar-refractivity contribution in [2.24, 2.45) is 0 Å². The van der Waals surface area contributed by atoms with E-state index in [1.54, 1.807) is 30.3 Å². The monoisotopic (exact) mass is 457 g/mol. The topological polar surface area (TPSA) is 113 Å². The molecule has 0 saturated heterocycles. The van der Waals surface area contributed by atoms with Gasteiger partial charge in [0.15, 0.2) is 18.1 Å². The van der Waals surface area contributed by atoms with Crippen LogP contribution in [-0.2, 0) is 20.7 Å². The second kappa shape index (κ2) is 10.1. The number of esters is 1. The van der Waals surface area contributed by atoms with E-state index in [-0.39, 0.29) is 32.1 Å². The van der Waals surface area contributed by atoms with E-state index in [1.165, 1.54) is 0 Å². The number of carbonyl (C=O) groups excluding carboxylic acids is 2. The smallest absolute Gasteiger partial charge is 0.306 e. The molecule has 2 aromatic carbocycles. The number of fused-ring (bicyclic) bond motifs is 1. The first kappa shape index (κ1) is 21.6. The molecule has 10 heteroatoms. The molecule has 1 atom stereocenters. The van der Waals surface area contributed by atoms with Crippen molar-refractivity contribution in [1.29, 1.82) is 0 Å². The van der Waals surface area contributed by atoms with Crippen LogP contribution in [0.4, 0.5) is 0 Å². The number of aromatic nitrogens is 2. The van der Waals surface area contributed by atoms with E-state index in [1.807, 2.05) is 18.2 Å². The van der Waals surface area contributed by atoms with Crippen molar-refractivity contribution in [1.82, 2.24) is 15.5 Å². The first-order chi connectivity index (χ1) is 15.6. The molecule has 1 aliphatic heterocycles. The van der Waals surface area contributed by atoms with Crippen LogP contribution in [0.5, 0.6) is 11.5 Å². The second-order valence-corrected chi connectivity index (χ2v) is 7.42. The number of nitrogens with one attached hydrogen (secondary N) is 1. The molecule has 9 nitrogen and oxygen atoms in total. The van der Waals surface area contributed by atoms with E-state index in [9.17, 15) is 9.59 Å². The summed E-state index contributed by atoms with van der Waals surface area (Å²) in [6.07, 6.45) is -0.114. The highest BCUT2D eigenvalue weighted by Crippen LogP contribution is 2.30. The molecule has 166 valence electrons. The Morgan fingerprint density at radius 1 is 1.12 bits per heavy atom. The van der Waals surface area contributed by atoms with Crippen LogP contribution in [-0.4, -0.2) is 47.9 Å². The van der Waals surface area contributed by atoms with E-state index in [0.717, 1.165) is 5.56 Å². The zero-order valence-electron chi connectivity index (χ0n) is 17.0. The third-order valence-corrected chi connectivity index (χ3v) is 4.82. The fourth-order valence-corrected chi connectivity index (χ4v) is 3.07. The highest BCUT2D eigenvalue weighted by Gasteiger charge is 2.21. The number of aryl methyl sites for hydroxylation is 1. The first-order valence-electron chi connectivity index (χ1n) is 9.96. The van der Waals surface area contributed by atoms with Crippen molar-refractivity contribution in [3.05, 3.63) is 59.4 Å². The summed E-state index contributed by atoms with van der Waals surface area (Å²) in [6.45, 7) is 0.169. The highest BCUT2D eigenvalue weighted by molar-refractivity contribution is 6.30. The van der Waals surface area contributed by atoms with Crippen LogP contribution in [0.25, 0.3) is 11.4 Å². The van der Waals surface area contributed by atoms with Crippen molar-refractivity contribution in [3.8, 4) is 22.9 Å². The molecule has 32 heavy (non-hydrogen) atoms. The molecule has 1 aliphatic rings. The van der Waals surface area contributed by atoms with Gasteiger partial charge < -0.3 is 24.1 Å². The average molecular weight is 458 g/mol. The Morgan fingerprint density at radius 3 is 2.72 bits per heavy atom.